The first-order valence-corrected chi connectivity index (χ1v) is 5.50. The van der Waals surface area contributed by atoms with E-state index in [4.69, 9.17) is 9.52 Å². The summed E-state index contributed by atoms with van der Waals surface area (Å²) in [7, 11) is 0. The zero-order chi connectivity index (χ0) is 10.7. The molecule has 1 aromatic rings. The highest BCUT2D eigenvalue weighted by atomic mass is 16.4. The number of rotatable bonds is 4. The van der Waals surface area contributed by atoms with E-state index in [9.17, 15) is 4.79 Å². The lowest BCUT2D eigenvalue weighted by Gasteiger charge is -2.16. The summed E-state index contributed by atoms with van der Waals surface area (Å²) >= 11 is 0. The Morgan fingerprint density at radius 2 is 2.27 bits per heavy atom. The molecule has 0 saturated heterocycles. The molecule has 3 nitrogen and oxygen atoms in total. The molecule has 0 bridgehead atoms. The molecular weight excluding hydrogens is 192 g/mol. The first-order valence-electron chi connectivity index (χ1n) is 5.50. The van der Waals surface area contributed by atoms with Crippen molar-refractivity contribution in [1.82, 2.24) is 0 Å². The molecule has 1 N–H and O–H groups in total. The van der Waals surface area contributed by atoms with Crippen LogP contribution < -0.4 is 0 Å². The fourth-order valence-electron chi connectivity index (χ4n) is 2.56. The molecule has 2 unspecified atom stereocenters. The van der Waals surface area contributed by atoms with Crippen molar-refractivity contribution in [2.24, 2.45) is 11.8 Å². The van der Waals surface area contributed by atoms with Gasteiger partial charge in [0.15, 0.2) is 0 Å². The van der Waals surface area contributed by atoms with Gasteiger partial charge in [0.25, 0.3) is 0 Å². The molecule has 15 heavy (non-hydrogen) atoms. The minimum Gasteiger partial charge on any atom is -0.481 e. The molecular formula is C12H16O3. The molecule has 1 aliphatic carbocycles. The van der Waals surface area contributed by atoms with Crippen LogP contribution in [0.25, 0.3) is 0 Å². The normalized spacial score (nSPS) is 25.6. The smallest absolute Gasteiger partial charge is 0.303 e. The third-order valence-electron chi connectivity index (χ3n) is 3.30. The fourth-order valence-corrected chi connectivity index (χ4v) is 2.56. The highest BCUT2D eigenvalue weighted by molar-refractivity contribution is 5.67. The van der Waals surface area contributed by atoms with Gasteiger partial charge in [0.2, 0.25) is 0 Å². The molecule has 1 aromatic heterocycles. The first-order chi connectivity index (χ1) is 7.25. The molecule has 82 valence electrons. The van der Waals surface area contributed by atoms with E-state index >= 15 is 0 Å². The lowest BCUT2D eigenvalue weighted by Crippen LogP contribution is -2.14. The van der Waals surface area contributed by atoms with Crippen molar-refractivity contribution in [3.05, 3.63) is 24.2 Å². The van der Waals surface area contributed by atoms with Gasteiger partial charge in [0, 0.05) is 12.8 Å². The lowest BCUT2D eigenvalue weighted by molar-refractivity contribution is -0.138. The van der Waals surface area contributed by atoms with Crippen LogP contribution in [-0.2, 0) is 11.2 Å². The van der Waals surface area contributed by atoms with Gasteiger partial charge in [-0.15, -0.1) is 0 Å². The summed E-state index contributed by atoms with van der Waals surface area (Å²) in [4.78, 5) is 10.7. The van der Waals surface area contributed by atoms with Gasteiger partial charge >= 0.3 is 5.97 Å². The topological polar surface area (TPSA) is 50.4 Å². The van der Waals surface area contributed by atoms with E-state index in [1.54, 1.807) is 6.26 Å². The molecule has 2 atom stereocenters. The van der Waals surface area contributed by atoms with Crippen LogP contribution in [0.1, 0.15) is 31.4 Å². The molecule has 0 aliphatic heterocycles. The Balaban J connectivity index is 1.93. The van der Waals surface area contributed by atoms with Crippen molar-refractivity contribution < 1.29 is 14.3 Å². The minimum atomic E-state index is -0.675. The first kappa shape index (κ1) is 10.3. The number of hydrogen-bond donors (Lipinski definition) is 1. The monoisotopic (exact) mass is 208 g/mol. The van der Waals surface area contributed by atoms with E-state index in [0.717, 1.165) is 31.4 Å². The van der Waals surface area contributed by atoms with E-state index in [1.165, 1.54) is 0 Å². The van der Waals surface area contributed by atoms with Gasteiger partial charge in [-0.05, 0) is 36.8 Å². The van der Waals surface area contributed by atoms with Gasteiger partial charge in [-0.3, -0.25) is 4.79 Å². The Morgan fingerprint density at radius 1 is 1.47 bits per heavy atom. The van der Waals surface area contributed by atoms with Crippen molar-refractivity contribution in [1.29, 1.82) is 0 Å². The summed E-state index contributed by atoms with van der Waals surface area (Å²) in [5, 5.41) is 8.79. The van der Waals surface area contributed by atoms with Crippen LogP contribution in [0.5, 0.6) is 0 Å². The van der Waals surface area contributed by atoms with Crippen molar-refractivity contribution >= 4 is 5.97 Å². The number of carboxylic acids is 1. The molecule has 0 radical (unpaired) electrons. The highest BCUT2D eigenvalue weighted by Gasteiger charge is 2.29. The van der Waals surface area contributed by atoms with E-state index in [2.05, 4.69) is 0 Å². The Morgan fingerprint density at radius 3 is 2.93 bits per heavy atom. The van der Waals surface area contributed by atoms with Crippen molar-refractivity contribution in [2.75, 3.05) is 0 Å². The molecule has 1 fully saturated rings. The van der Waals surface area contributed by atoms with Gasteiger partial charge in [-0.25, -0.2) is 0 Å². The van der Waals surface area contributed by atoms with E-state index in [1.807, 2.05) is 12.1 Å². The molecule has 3 heteroatoms. The van der Waals surface area contributed by atoms with Gasteiger partial charge in [0.05, 0.1) is 6.26 Å². The summed E-state index contributed by atoms with van der Waals surface area (Å²) in [5.74, 6) is 1.14. The van der Waals surface area contributed by atoms with Gasteiger partial charge in [-0.2, -0.15) is 0 Å². The number of carboxylic acid groups (broad SMARTS) is 1. The molecule has 1 aliphatic rings. The van der Waals surface area contributed by atoms with Crippen molar-refractivity contribution in [3.8, 4) is 0 Å². The zero-order valence-electron chi connectivity index (χ0n) is 8.69. The maximum absolute atomic E-state index is 10.7. The molecule has 1 heterocycles. The third-order valence-corrected chi connectivity index (χ3v) is 3.30. The SMILES string of the molecule is O=C(O)CC1CCCC1Cc1ccco1. The van der Waals surface area contributed by atoms with Gasteiger partial charge < -0.3 is 9.52 Å². The number of carbonyl (C=O) groups is 1. The van der Waals surface area contributed by atoms with Crippen molar-refractivity contribution in [3.63, 3.8) is 0 Å². The number of hydrogen-bond acceptors (Lipinski definition) is 2. The van der Waals surface area contributed by atoms with Crippen LogP contribution in [0.3, 0.4) is 0 Å². The molecule has 0 amide bonds. The Labute approximate surface area is 89.1 Å². The second-order valence-corrected chi connectivity index (χ2v) is 4.33. The Hall–Kier alpha value is -1.25. The largest absolute Gasteiger partial charge is 0.481 e. The van der Waals surface area contributed by atoms with Gasteiger partial charge in [0.1, 0.15) is 5.76 Å². The summed E-state index contributed by atoms with van der Waals surface area (Å²) in [6.07, 6.45) is 6.23. The average molecular weight is 208 g/mol. The maximum atomic E-state index is 10.7. The lowest BCUT2D eigenvalue weighted by atomic mass is 9.89. The Kier molecular flexibility index (Phi) is 3.09. The summed E-state index contributed by atoms with van der Waals surface area (Å²) < 4.78 is 5.30. The quantitative estimate of drug-likeness (QED) is 0.827. The third kappa shape index (κ3) is 2.61. The minimum absolute atomic E-state index is 0.311. The van der Waals surface area contributed by atoms with Crippen LogP contribution >= 0.6 is 0 Å². The van der Waals surface area contributed by atoms with Crippen LogP contribution in [-0.4, -0.2) is 11.1 Å². The standard InChI is InChI=1S/C12H16O3/c13-12(14)8-10-4-1-3-9(10)7-11-5-2-6-15-11/h2,5-6,9-10H,1,3-4,7-8H2,(H,13,14). The second kappa shape index (κ2) is 4.51. The molecule has 2 rings (SSSR count). The van der Waals surface area contributed by atoms with Crippen molar-refractivity contribution in [2.45, 2.75) is 32.1 Å². The van der Waals surface area contributed by atoms with E-state index in [0.29, 0.717) is 18.3 Å². The predicted octanol–water partition coefficient (Wildman–Crippen LogP) is 2.71. The van der Waals surface area contributed by atoms with E-state index in [-0.39, 0.29) is 0 Å². The van der Waals surface area contributed by atoms with Gasteiger partial charge in [-0.1, -0.05) is 6.42 Å². The van der Waals surface area contributed by atoms with Crippen LogP contribution in [0.15, 0.2) is 22.8 Å². The van der Waals surface area contributed by atoms with Crippen LogP contribution in [0.2, 0.25) is 0 Å². The fraction of sp³-hybridized carbons (Fsp3) is 0.583. The number of furan rings is 1. The van der Waals surface area contributed by atoms with Crippen LogP contribution in [0.4, 0.5) is 0 Å². The summed E-state index contributed by atoms with van der Waals surface area (Å²) in [5.41, 5.74) is 0. The molecule has 0 spiro atoms. The second-order valence-electron chi connectivity index (χ2n) is 4.33. The predicted molar refractivity (Wildman–Crippen MR) is 55.5 cm³/mol. The Bertz CT molecular complexity index is 316. The number of aliphatic carboxylic acids is 1. The summed E-state index contributed by atoms with van der Waals surface area (Å²) in [6, 6.07) is 3.85. The zero-order valence-corrected chi connectivity index (χ0v) is 8.69. The maximum Gasteiger partial charge on any atom is 0.303 e. The average Bonchev–Trinajstić information content (AvgIpc) is 2.78. The molecule has 1 saturated carbocycles. The van der Waals surface area contributed by atoms with Crippen LogP contribution in [0, 0.1) is 11.8 Å². The van der Waals surface area contributed by atoms with E-state index < -0.39 is 5.97 Å². The molecule has 0 aromatic carbocycles. The summed E-state index contributed by atoms with van der Waals surface area (Å²) in [6.45, 7) is 0. The highest BCUT2D eigenvalue weighted by Crippen LogP contribution is 2.36.